The molecule has 38 heavy (non-hydrogen) atoms. The van der Waals surface area contributed by atoms with E-state index >= 15 is 0 Å². The van der Waals surface area contributed by atoms with Crippen molar-refractivity contribution < 1.29 is 23.9 Å². The molecule has 214 valence electrons. The quantitative estimate of drug-likeness (QED) is 0.183. The zero-order valence-electron chi connectivity index (χ0n) is 23.6. The summed E-state index contributed by atoms with van der Waals surface area (Å²) in [7, 11) is 1.61. The number of anilines is 1. The van der Waals surface area contributed by atoms with Crippen molar-refractivity contribution in [3.63, 3.8) is 0 Å². The Balaban J connectivity index is 2.80. The summed E-state index contributed by atoms with van der Waals surface area (Å²) in [5, 5.41) is 11.0. The minimum absolute atomic E-state index is 0.173. The van der Waals surface area contributed by atoms with E-state index in [4.69, 9.17) is 10.5 Å². The van der Waals surface area contributed by atoms with Crippen LogP contribution in [-0.4, -0.2) is 49.5 Å². The highest BCUT2D eigenvalue weighted by Gasteiger charge is 2.28. The lowest BCUT2D eigenvalue weighted by Gasteiger charge is -2.25. The fourth-order valence-electron chi connectivity index (χ4n) is 3.92. The molecule has 2 atom stereocenters. The molecular formula is C28H47N5O5. The third-order valence-electron chi connectivity index (χ3n) is 6.09. The Kier molecular flexibility index (Phi) is 15.7. The maximum absolute atomic E-state index is 13.2. The maximum atomic E-state index is 13.2. The highest BCUT2D eigenvalue weighted by molar-refractivity contribution is 5.98. The molecule has 0 unspecified atom stereocenters. The third-order valence-corrected chi connectivity index (χ3v) is 6.09. The summed E-state index contributed by atoms with van der Waals surface area (Å²) in [4.78, 5) is 49.8. The van der Waals surface area contributed by atoms with Crippen molar-refractivity contribution in [3.8, 4) is 0 Å². The number of benzene rings is 1. The van der Waals surface area contributed by atoms with Gasteiger partial charge >= 0.3 is 6.03 Å². The van der Waals surface area contributed by atoms with Gasteiger partial charge in [-0.15, -0.1) is 0 Å². The van der Waals surface area contributed by atoms with Gasteiger partial charge in [0.05, 0.1) is 6.61 Å². The largest absolute Gasteiger partial charge is 0.380 e. The monoisotopic (exact) mass is 533 g/mol. The normalized spacial score (nSPS) is 12.6. The van der Waals surface area contributed by atoms with E-state index in [0.717, 1.165) is 31.2 Å². The van der Waals surface area contributed by atoms with Gasteiger partial charge in [-0.25, -0.2) is 4.79 Å². The first-order valence-corrected chi connectivity index (χ1v) is 13.5. The highest BCUT2D eigenvalue weighted by Crippen LogP contribution is 2.13. The molecule has 0 aliphatic carbocycles. The molecule has 6 N–H and O–H groups in total. The van der Waals surface area contributed by atoms with Gasteiger partial charge in [0, 0.05) is 25.8 Å². The van der Waals surface area contributed by atoms with Crippen LogP contribution >= 0.6 is 0 Å². The molecule has 0 heterocycles. The summed E-state index contributed by atoms with van der Waals surface area (Å²) < 4.78 is 5.11. The number of primary amides is 1. The van der Waals surface area contributed by atoms with Gasteiger partial charge in [0.15, 0.2) is 0 Å². The number of carbonyl (C=O) groups excluding carboxylic acids is 4. The van der Waals surface area contributed by atoms with E-state index in [1.54, 1.807) is 19.2 Å². The number of urea groups is 1. The Morgan fingerprint density at radius 2 is 1.55 bits per heavy atom. The number of hydrogen-bond acceptors (Lipinski definition) is 5. The number of ether oxygens (including phenoxy) is 1. The average molecular weight is 534 g/mol. The Morgan fingerprint density at radius 3 is 2.13 bits per heavy atom. The topological polar surface area (TPSA) is 152 Å². The Labute approximate surface area is 227 Å². The molecule has 0 radical (unpaired) electrons. The minimum atomic E-state index is -0.870. The second kappa shape index (κ2) is 18.2. The van der Waals surface area contributed by atoms with Crippen molar-refractivity contribution in [1.29, 1.82) is 0 Å². The van der Waals surface area contributed by atoms with Gasteiger partial charge in [-0.1, -0.05) is 59.1 Å². The van der Waals surface area contributed by atoms with Crippen molar-refractivity contribution >= 4 is 29.4 Å². The molecule has 0 spiro atoms. The van der Waals surface area contributed by atoms with Crippen molar-refractivity contribution in [2.24, 2.45) is 17.6 Å². The van der Waals surface area contributed by atoms with E-state index in [2.05, 4.69) is 35.1 Å². The molecule has 0 aliphatic heterocycles. The van der Waals surface area contributed by atoms with Crippen molar-refractivity contribution in [2.75, 3.05) is 19.0 Å². The highest BCUT2D eigenvalue weighted by atomic mass is 16.5. The Morgan fingerprint density at radius 1 is 0.868 bits per heavy atom. The number of nitrogens with one attached hydrogen (secondary N) is 4. The van der Waals surface area contributed by atoms with E-state index < -0.39 is 29.9 Å². The number of nitrogens with two attached hydrogens (primary N) is 1. The fourth-order valence-corrected chi connectivity index (χ4v) is 3.92. The van der Waals surface area contributed by atoms with Crippen LogP contribution in [0.5, 0.6) is 0 Å². The van der Waals surface area contributed by atoms with Gasteiger partial charge < -0.3 is 31.7 Å². The van der Waals surface area contributed by atoms with Crippen LogP contribution in [0.1, 0.15) is 78.2 Å². The minimum Gasteiger partial charge on any atom is -0.380 e. The fraction of sp³-hybridized carbons (Fsp3) is 0.643. The van der Waals surface area contributed by atoms with Gasteiger partial charge in [0.2, 0.25) is 17.7 Å². The SMILES string of the molecule is COCc1ccc(NC(=O)[C@H](CCCNC(N)=O)NC(=O)[C@@H](NC(=O)CCCCCC(C)C)C(C)C)cc1. The number of amides is 5. The first kappa shape index (κ1) is 32.9. The molecular weight excluding hydrogens is 486 g/mol. The van der Waals surface area contributed by atoms with Crippen LogP contribution < -0.4 is 27.0 Å². The lowest BCUT2D eigenvalue weighted by Crippen LogP contribution is -2.54. The number of methoxy groups -OCH3 is 1. The molecule has 1 rings (SSSR count). The van der Waals surface area contributed by atoms with Gasteiger partial charge in [0.25, 0.3) is 0 Å². The first-order valence-electron chi connectivity index (χ1n) is 13.5. The smallest absolute Gasteiger partial charge is 0.312 e. The summed E-state index contributed by atoms with van der Waals surface area (Å²) in [6, 6.07) is 4.91. The molecule has 1 aromatic carbocycles. The van der Waals surface area contributed by atoms with Gasteiger partial charge in [-0.3, -0.25) is 14.4 Å². The predicted octanol–water partition coefficient (Wildman–Crippen LogP) is 3.45. The van der Waals surface area contributed by atoms with E-state index in [0.29, 0.717) is 31.1 Å². The van der Waals surface area contributed by atoms with Crippen LogP contribution in [0.25, 0.3) is 0 Å². The summed E-state index contributed by atoms with van der Waals surface area (Å²) >= 11 is 0. The lowest BCUT2D eigenvalue weighted by atomic mass is 10.0. The van der Waals surface area contributed by atoms with E-state index in [1.807, 2.05) is 26.0 Å². The zero-order valence-corrected chi connectivity index (χ0v) is 23.6. The zero-order chi connectivity index (χ0) is 28.5. The molecule has 0 saturated heterocycles. The average Bonchev–Trinajstić information content (AvgIpc) is 2.84. The van der Waals surface area contributed by atoms with Crippen LogP contribution in [0.15, 0.2) is 24.3 Å². The summed E-state index contributed by atoms with van der Waals surface area (Å²) in [5.41, 5.74) is 6.66. The molecule has 5 amide bonds. The second-order valence-electron chi connectivity index (χ2n) is 10.4. The van der Waals surface area contributed by atoms with Crippen molar-refractivity contribution in [3.05, 3.63) is 29.8 Å². The van der Waals surface area contributed by atoms with E-state index in [9.17, 15) is 19.2 Å². The van der Waals surface area contributed by atoms with E-state index in [1.165, 1.54) is 0 Å². The van der Waals surface area contributed by atoms with Crippen LogP contribution in [0.2, 0.25) is 0 Å². The van der Waals surface area contributed by atoms with Gasteiger partial charge in [0.1, 0.15) is 12.1 Å². The van der Waals surface area contributed by atoms with E-state index in [-0.39, 0.29) is 24.8 Å². The number of rotatable bonds is 18. The number of carbonyl (C=O) groups is 4. The van der Waals surface area contributed by atoms with Crippen LogP contribution in [-0.2, 0) is 25.7 Å². The summed E-state index contributed by atoms with van der Waals surface area (Å²) in [5.74, 6) is -0.522. The van der Waals surface area contributed by atoms with Crippen LogP contribution in [0.4, 0.5) is 10.5 Å². The molecule has 0 aliphatic rings. The van der Waals surface area contributed by atoms with Gasteiger partial charge in [-0.2, -0.15) is 0 Å². The van der Waals surface area contributed by atoms with Gasteiger partial charge in [-0.05, 0) is 48.8 Å². The second-order valence-corrected chi connectivity index (χ2v) is 10.4. The standard InChI is InChI=1S/C28H47N5O5/c1-19(2)10-7-6-8-12-24(34)33-25(20(3)4)27(36)32-23(11-9-17-30-28(29)37)26(35)31-22-15-13-21(14-16-22)18-38-5/h13-16,19-20,23,25H,6-12,17-18H2,1-5H3,(H,31,35)(H,32,36)(H,33,34)(H3,29,30,37)/t23-,25-/m0/s1. The maximum Gasteiger partial charge on any atom is 0.312 e. The number of hydrogen-bond donors (Lipinski definition) is 5. The lowest BCUT2D eigenvalue weighted by molar-refractivity contribution is -0.132. The van der Waals surface area contributed by atoms with Crippen LogP contribution in [0.3, 0.4) is 0 Å². The summed E-state index contributed by atoms with van der Waals surface area (Å²) in [6.07, 6.45) is 5.00. The number of unbranched alkanes of at least 4 members (excludes halogenated alkanes) is 2. The molecule has 0 aromatic heterocycles. The molecule has 0 bridgehead atoms. The first-order chi connectivity index (χ1) is 18.0. The van der Waals surface area contributed by atoms with Crippen molar-refractivity contribution in [1.82, 2.24) is 16.0 Å². The Hall–Kier alpha value is -3.14. The Bertz CT molecular complexity index is 873. The molecule has 10 nitrogen and oxygen atoms in total. The van der Waals surface area contributed by atoms with Crippen LogP contribution in [0, 0.1) is 11.8 Å². The molecule has 10 heteroatoms. The van der Waals surface area contributed by atoms with Crippen molar-refractivity contribution in [2.45, 2.75) is 91.3 Å². The molecule has 0 saturated carbocycles. The molecule has 0 fully saturated rings. The molecule has 1 aromatic rings. The summed E-state index contributed by atoms with van der Waals surface area (Å²) in [6.45, 7) is 8.78. The predicted molar refractivity (Wildman–Crippen MR) is 149 cm³/mol. The third kappa shape index (κ3) is 14.0.